The third-order valence-electron chi connectivity index (χ3n) is 5.22. The number of hydrogen-bond donors (Lipinski definition) is 0. The molecule has 1 amide bonds. The third-order valence-corrected chi connectivity index (χ3v) is 5.22. The van der Waals surface area contributed by atoms with Crippen LogP contribution in [0.4, 0.5) is 0 Å². The Morgan fingerprint density at radius 3 is 2.32 bits per heavy atom. The van der Waals surface area contributed by atoms with Gasteiger partial charge in [-0.25, -0.2) is 0 Å². The Kier molecular flexibility index (Phi) is 6.45. The van der Waals surface area contributed by atoms with Crippen LogP contribution in [0, 0.1) is 0 Å². The van der Waals surface area contributed by atoms with E-state index >= 15 is 0 Å². The zero-order valence-electron chi connectivity index (χ0n) is 14.7. The first-order valence-electron chi connectivity index (χ1n) is 8.94. The van der Waals surface area contributed by atoms with Crippen molar-refractivity contribution in [3.8, 4) is 0 Å². The second kappa shape index (κ2) is 8.11. The molecule has 2 rings (SSSR count). The van der Waals surface area contributed by atoms with E-state index in [4.69, 9.17) is 0 Å². The Labute approximate surface area is 136 Å². The van der Waals surface area contributed by atoms with E-state index in [2.05, 4.69) is 23.3 Å². The lowest BCUT2D eigenvalue weighted by atomic mass is 10.0. The van der Waals surface area contributed by atoms with Gasteiger partial charge in [0, 0.05) is 32.2 Å². The number of rotatable bonds is 6. The van der Waals surface area contributed by atoms with Crippen LogP contribution in [0.5, 0.6) is 0 Å². The maximum Gasteiger partial charge on any atom is 0.239 e. The van der Waals surface area contributed by atoms with Crippen LogP contribution in [0.2, 0.25) is 0 Å². The molecule has 4 heteroatoms. The van der Waals surface area contributed by atoms with E-state index in [-0.39, 0.29) is 11.9 Å². The van der Waals surface area contributed by atoms with Gasteiger partial charge in [-0.3, -0.25) is 9.69 Å². The van der Waals surface area contributed by atoms with Gasteiger partial charge in [0.05, 0.1) is 6.04 Å². The fourth-order valence-corrected chi connectivity index (χ4v) is 3.84. The van der Waals surface area contributed by atoms with Gasteiger partial charge < -0.3 is 9.80 Å². The number of likely N-dealkylation sites (tertiary alicyclic amines) is 2. The highest BCUT2D eigenvalue weighted by molar-refractivity contribution is 5.81. The van der Waals surface area contributed by atoms with Crippen LogP contribution in [-0.4, -0.2) is 72.0 Å². The first kappa shape index (κ1) is 17.5. The van der Waals surface area contributed by atoms with Crippen LogP contribution < -0.4 is 0 Å². The van der Waals surface area contributed by atoms with Crippen LogP contribution >= 0.6 is 0 Å². The van der Waals surface area contributed by atoms with Crippen molar-refractivity contribution in [2.75, 3.05) is 39.3 Å². The molecule has 0 bridgehead atoms. The van der Waals surface area contributed by atoms with Crippen LogP contribution in [0.25, 0.3) is 0 Å². The van der Waals surface area contributed by atoms with Crippen molar-refractivity contribution >= 4 is 5.91 Å². The van der Waals surface area contributed by atoms with Crippen molar-refractivity contribution in [3.63, 3.8) is 0 Å². The fourth-order valence-electron chi connectivity index (χ4n) is 3.84. The second-order valence-corrected chi connectivity index (χ2v) is 7.00. The van der Waals surface area contributed by atoms with Gasteiger partial charge in [0.2, 0.25) is 5.91 Å². The average molecular weight is 307 g/mol. The summed E-state index contributed by atoms with van der Waals surface area (Å²) in [5.41, 5.74) is 1.05. The van der Waals surface area contributed by atoms with Gasteiger partial charge in [-0.2, -0.15) is 0 Å². The highest BCUT2D eigenvalue weighted by Crippen LogP contribution is 2.22. The summed E-state index contributed by atoms with van der Waals surface area (Å²) in [4.78, 5) is 19.6. The standard InChI is InChI=1S/C18H33N3O/c1-5-19(14-15(2)3)18(22)16(4)20-12-8-17(9-13-20)21-10-6-7-11-21/h16-17H,2,5-14H2,1,3-4H3. The summed E-state index contributed by atoms with van der Waals surface area (Å²) in [6, 6.07) is 0.748. The largest absolute Gasteiger partial charge is 0.338 e. The number of amides is 1. The lowest BCUT2D eigenvalue weighted by molar-refractivity contribution is -0.136. The molecular formula is C18H33N3O. The molecule has 0 spiro atoms. The summed E-state index contributed by atoms with van der Waals surface area (Å²) < 4.78 is 0. The van der Waals surface area contributed by atoms with Crippen molar-refractivity contribution in [1.82, 2.24) is 14.7 Å². The molecule has 0 aromatic rings. The molecule has 0 N–H and O–H groups in total. The zero-order chi connectivity index (χ0) is 16.1. The van der Waals surface area contributed by atoms with Gasteiger partial charge in [0.1, 0.15) is 0 Å². The van der Waals surface area contributed by atoms with E-state index in [1.54, 1.807) is 0 Å². The minimum atomic E-state index is -0.00109. The van der Waals surface area contributed by atoms with Gasteiger partial charge in [-0.05, 0) is 59.5 Å². The molecular weight excluding hydrogens is 274 g/mol. The first-order valence-corrected chi connectivity index (χ1v) is 8.94. The highest BCUT2D eigenvalue weighted by Gasteiger charge is 2.31. The van der Waals surface area contributed by atoms with Gasteiger partial charge in [0.25, 0.3) is 0 Å². The Morgan fingerprint density at radius 1 is 1.23 bits per heavy atom. The summed E-state index contributed by atoms with van der Waals surface area (Å²) in [5, 5.41) is 0. The molecule has 0 aromatic heterocycles. The summed E-state index contributed by atoms with van der Waals surface area (Å²) >= 11 is 0. The van der Waals surface area contributed by atoms with Crippen LogP contribution in [0.3, 0.4) is 0 Å². The lowest BCUT2D eigenvalue weighted by Crippen LogP contribution is -2.52. The monoisotopic (exact) mass is 307 g/mol. The maximum atomic E-state index is 12.7. The molecule has 22 heavy (non-hydrogen) atoms. The third kappa shape index (κ3) is 4.32. The van der Waals surface area contributed by atoms with Crippen LogP contribution in [0.15, 0.2) is 12.2 Å². The highest BCUT2D eigenvalue weighted by atomic mass is 16.2. The van der Waals surface area contributed by atoms with Crippen molar-refractivity contribution in [2.24, 2.45) is 0 Å². The Morgan fingerprint density at radius 2 is 1.82 bits per heavy atom. The number of carbonyl (C=O) groups is 1. The molecule has 2 heterocycles. The minimum Gasteiger partial charge on any atom is -0.338 e. The minimum absolute atomic E-state index is 0.00109. The van der Waals surface area contributed by atoms with E-state index in [9.17, 15) is 4.79 Å². The molecule has 1 atom stereocenters. The molecule has 0 saturated carbocycles. The van der Waals surface area contributed by atoms with Crippen molar-refractivity contribution in [2.45, 2.75) is 58.5 Å². The summed E-state index contributed by atoms with van der Waals surface area (Å²) in [6.45, 7) is 16.2. The normalized spacial score (nSPS) is 22.7. The van der Waals surface area contributed by atoms with E-state index in [1.807, 2.05) is 18.7 Å². The van der Waals surface area contributed by atoms with Gasteiger partial charge in [0.15, 0.2) is 0 Å². The molecule has 2 aliphatic heterocycles. The van der Waals surface area contributed by atoms with Crippen LogP contribution in [-0.2, 0) is 4.79 Å². The smallest absolute Gasteiger partial charge is 0.239 e. The molecule has 0 radical (unpaired) electrons. The average Bonchev–Trinajstić information content (AvgIpc) is 3.05. The zero-order valence-corrected chi connectivity index (χ0v) is 14.7. The number of likely N-dealkylation sites (N-methyl/N-ethyl adjacent to an activating group) is 1. The number of piperidine rings is 1. The SMILES string of the molecule is C=C(C)CN(CC)C(=O)C(C)N1CCC(N2CCCC2)CC1. The molecule has 2 aliphatic rings. The van der Waals surface area contributed by atoms with Crippen molar-refractivity contribution in [1.29, 1.82) is 0 Å². The topological polar surface area (TPSA) is 26.8 Å². The molecule has 4 nitrogen and oxygen atoms in total. The molecule has 0 aromatic carbocycles. The molecule has 1 unspecified atom stereocenters. The van der Waals surface area contributed by atoms with Crippen LogP contribution in [0.1, 0.15) is 46.5 Å². The quantitative estimate of drug-likeness (QED) is 0.705. The van der Waals surface area contributed by atoms with E-state index in [0.29, 0.717) is 6.54 Å². The number of nitrogens with zero attached hydrogens (tertiary/aromatic N) is 3. The molecule has 2 saturated heterocycles. The number of hydrogen-bond acceptors (Lipinski definition) is 3. The van der Waals surface area contributed by atoms with E-state index in [0.717, 1.165) is 31.2 Å². The summed E-state index contributed by atoms with van der Waals surface area (Å²) in [5.74, 6) is 0.255. The lowest BCUT2D eigenvalue weighted by Gasteiger charge is -2.40. The van der Waals surface area contributed by atoms with E-state index < -0.39 is 0 Å². The second-order valence-electron chi connectivity index (χ2n) is 7.00. The predicted octanol–water partition coefficient (Wildman–Crippen LogP) is 2.36. The Bertz CT molecular complexity index is 382. The summed E-state index contributed by atoms with van der Waals surface area (Å²) in [7, 11) is 0. The van der Waals surface area contributed by atoms with Gasteiger partial charge >= 0.3 is 0 Å². The molecule has 0 aliphatic carbocycles. The Hall–Kier alpha value is -0.870. The first-order chi connectivity index (χ1) is 10.5. The van der Waals surface area contributed by atoms with Gasteiger partial charge in [-0.1, -0.05) is 12.2 Å². The molecule has 126 valence electrons. The van der Waals surface area contributed by atoms with Gasteiger partial charge in [-0.15, -0.1) is 0 Å². The predicted molar refractivity (Wildman–Crippen MR) is 91.9 cm³/mol. The van der Waals surface area contributed by atoms with Crippen molar-refractivity contribution < 1.29 is 4.79 Å². The Balaban J connectivity index is 1.84. The number of carbonyl (C=O) groups excluding carboxylic acids is 1. The van der Waals surface area contributed by atoms with E-state index in [1.165, 1.54) is 38.8 Å². The molecule has 2 fully saturated rings. The fraction of sp³-hybridized carbons (Fsp3) is 0.833. The summed E-state index contributed by atoms with van der Waals surface area (Å²) in [6.07, 6.45) is 5.15. The maximum absolute atomic E-state index is 12.7. The van der Waals surface area contributed by atoms with Crippen molar-refractivity contribution in [3.05, 3.63) is 12.2 Å².